The third kappa shape index (κ3) is 2.13. The van der Waals surface area contributed by atoms with Gasteiger partial charge in [-0.2, -0.15) is 0 Å². The lowest BCUT2D eigenvalue weighted by Crippen LogP contribution is -1.92. The molecule has 82 valence electrons. The molecular weight excluding hydrogens is 257 g/mol. The van der Waals surface area contributed by atoms with Crippen molar-refractivity contribution in [2.45, 2.75) is 0 Å². The van der Waals surface area contributed by atoms with Crippen LogP contribution in [0.5, 0.6) is 0 Å². The topological polar surface area (TPSA) is 25.8 Å². The van der Waals surface area contributed by atoms with E-state index in [1.54, 1.807) is 0 Å². The average Bonchev–Trinajstić information content (AvgIpc) is 2.22. The van der Waals surface area contributed by atoms with Gasteiger partial charge in [-0.1, -0.05) is 11.6 Å². The van der Waals surface area contributed by atoms with Gasteiger partial charge in [0.05, 0.1) is 16.9 Å². The van der Waals surface area contributed by atoms with E-state index in [2.05, 4.69) is 9.97 Å². The van der Waals surface area contributed by atoms with Crippen LogP contribution in [0.2, 0.25) is 10.3 Å². The van der Waals surface area contributed by atoms with Gasteiger partial charge >= 0.3 is 0 Å². The van der Waals surface area contributed by atoms with Crippen molar-refractivity contribution in [3.8, 4) is 11.3 Å². The minimum Gasteiger partial charge on any atom is -0.225 e. The Kier molecular flexibility index (Phi) is 3.03. The maximum Gasteiger partial charge on any atom is 0.222 e. The summed E-state index contributed by atoms with van der Waals surface area (Å²) in [5, 5.41) is 0.0954. The van der Waals surface area contributed by atoms with Crippen LogP contribution in [0.4, 0.5) is 8.78 Å². The summed E-state index contributed by atoms with van der Waals surface area (Å²) >= 11 is 11.4. The summed E-state index contributed by atoms with van der Waals surface area (Å²) in [6, 6.07) is 3.11. The van der Waals surface area contributed by atoms with E-state index in [-0.39, 0.29) is 21.6 Å². The molecule has 1 aromatic heterocycles. The molecule has 0 atom stereocenters. The Morgan fingerprint density at radius 2 is 1.88 bits per heavy atom. The smallest absolute Gasteiger partial charge is 0.222 e. The Morgan fingerprint density at radius 3 is 2.56 bits per heavy atom. The number of benzene rings is 1. The normalized spacial score (nSPS) is 10.5. The van der Waals surface area contributed by atoms with Gasteiger partial charge in [0.2, 0.25) is 5.28 Å². The van der Waals surface area contributed by atoms with Gasteiger partial charge in [0.15, 0.2) is 0 Å². The summed E-state index contributed by atoms with van der Waals surface area (Å²) in [5.74, 6) is -1.42. The summed E-state index contributed by atoms with van der Waals surface area (Å²) in [5.41, 5.74) is 0.217. The van der Waals surface area contributed by atoms with Crippen LogP contribution in [0.15, 0.2) is 24.4 Å². The second kappa shape index (κ2) is 4.31. The van der Waals surface area contributed by atoms with E-state index in [9.17, 15) is 8.78 Å². The highest BCUT2D eigenvalue weighted by atomic mass is 35.5. The molecule has 0 N–H and O–H groups in total. The van der Waals surface area contributed by atoms with E-state index in [0.717, 1.165) is 12.1 Å². The minimum atomic E-state index is -0.753. The Bertz CT molecular complexity index is 546. The molecule has 0 bridgehead atoms. The molecule has 0 fully saturated rings. The lowest BCUT2D eigenvalue weighted by molar-refractivity contribution is 0.585. The van der Waals surface area contributed by atoms with E-state index in [4.69, 9.17) is 23.2 Å². The van der Waals surface area contributed by atoms with Crippen LogP contribution < -0.4 is 0 Å². The molecule has 6 heteroatoms. The monoisotopic (exact) mass is 260 g/mol. The Hall–Kier alpha value is -1.26. The summed E-state index contributed by atoms with van der Waals surface area (Å²) < 4.78 is 26.2. The first-order chi connectivity index (χ1) is 7.58. The van der Waals surface area contributed by atoms with E-state index in [1.165, 1.54) is 12.3 Å². The van der Waals surface area contributed by atoms with Crippen molar-refractivity contribution in [3.05, 3.63) is 46.3 Å². The summed E-state index contributed by atoms with van der Waals surface area (Å²) in [6.07, 6.45) is 1.26. The predicted octanol–water partition coefficient (Wildman–Crippen LogP) is 3.73. The van der Waals surface area contributed by atoms with Gasteiger partial charge in [-0.25, -0.2) is 18.7 Å². The molecule has 0 radical (unpaired) electrons. The first-order valence-electron chi connectivity index (χ1n) is 4.21. The van der Waals surface area contributed by atoms with E-state index in [0.29, 0.717) is 0 Å². The fraction of sp³-hybridized carbons (Fsp3) is 0. The highest BCUT2D eigenvalue weighted by Crippen LogP contribution is 2.28. The molecule has 2 rings (SSSR count). The fourth-order valence-electron chi connectivity index (χ4n) is 1.22. The van der Waals surface area contributed by atoms with Crippen molar-refractivity contribution in [2.75, 3.05) is 0 Å². The molecule has 0 aliphatic carbocycles. The van der Waals surface area contributed by atoms with Crippen LogP contribution in [0.1, 0.15) is 0 Å². The first kappa shape index (κ1) is 11.2. The molecule has 0 aliphatic rings. The molecule has 0 unspecified atom stereocenters. The zero-order valence-electron chi connectivity index (χ0n) is 7.72. The second-order valence-electron chi connectivity index (χ2n) is 2.96. The van der Waals surface area contributed by atoms with Crippen molar-refractivity contribution in [2.24, 2.45) is 0 Å². The largest absolute Gasteiger partial charge is 0.225 e. The van der Waals surface area contributed by atoms with Gasteiger partial charge in [-0.15, -0.1) is 0 Å². The molecule has 2 nitrogen and oxygen atoms in total. The minimum absolute atomic E-state index is 0.0527. The lowest BCUT2D eigenvalue weighted by atomic mass is 10.1. The van der Waals surface area contributed by atoms with Crippen molar-refractivity contribution >= 4 is 23.2 Å². The standard InChI is InChI=1S/C10H4Cl2F2N2/c11-7-4-15-10(12)16-9(7)6-2-1-5(13)3-8(6)14/h1-4H. The van der Waals surface area contributed by atoms with Crippen molar-refractivity contribution in [1.82, 2.24) is 9.97 Å². The lowest BCUT2D eigenvalue weighted by Gasteiger charge is -2.04. The van der Waals surface area contributed by atoms with Gasteiger partial charge in [-0.05, 0) is 23.7 Å². The number of nitrogens with zero attached hydrogens (tertiary/aromatic N) is 2. The maximum atomic E-state index is 13.4. The van der Waals surface area contributed by atoms with Crippen molar-refractivity contribution in [3.63, 3.8) is 0 Å². The third-order valence-electron chi connectivity index (χ3n) is 1.90. The molecule has 2 aromatic rings. The quantitative estimate of drug-likeness (QED) is 0.731. The molecule has 16 heavy (non-hydrogen) atoms. The molecular formula is C10H4Cl2F2N2. The number of aromatic nitrogens is 2. The molecule has 0 amide bonds. The SMILES string of the molecule is Fc1ccc(-c2nc(Cl)ncc2Cl)c(F)c1. The number of rotatable bonds is 1. The summed E-state index contributed by atoms with van der Waals surface area (Å²) in [4.78, 5) is 7.43. The van der Waals surface area contributed by atoms with Crippen molar-refractivity contribution < 1.29 is 8.78 Å². The number of halogens is 4. The van der Waals surface area contributed by atoms with Gasteiger partial charge < -0.3 is 0 Å². The third-order valence-corrected chi connectivity index (χ3v) is 2.36. The average molecular weight is 261 g/mol. The number of hydrogen-bond donors (Lipinski definition) is 0. The Balaban J connectivity index is 2.62. The van der Waals surface area contributed by atoms with Gasteiger partial charge in [0.25, 0.3) is 0 Å². The molecule has 0 saturated carbocycles. The van der Waals surface area contributed by atoms with E-state index >= 15 is 0 Å². The summed E-state index contributed by atoms with van der Waals surface area (Å²) in [7, 11) is 0. The van der Waals surface area contributed by atoms with Crippen LogP contribution in [0.25, 0.3) is 11.3 Å². The number of hydrogen-bond acceptors (Lipinski definition) is 2. The van der Waals surface area contributed by atoms with Crippen LogP contribution in [-0.4, -0.2) is 9.97 Å². The van der Waals surface area contributed by atoms with Crippen molar-refractivity contribution in [1.29, 1.82) is 0 Å². The zero-order chi connectivity index (χ0) is 11.7. The Morgan fingerprint density at radius 1 is 1.12 bits per heavy atom. The van der Waals surface area contributed by atoms with Gasteiger partial charge in [0, 0.05) is 11.6 Å². The predicted molar refractivity (Wildman–Crippen MR) is 57.4 cm³/mol. The van der Waals surface area contributed by atoms with Crippen LogP contribution in [0.3, 0.4) is 0 Å². The second-order valence-corrected chi connectivity index (χ2v) is 3.71. The molecule has 0 aliphatic heterocycles. The van der Waals surface area contributed by atoms with Crippen LogP contribution in [-0.2, 0) is 0 Å². The Labute approximate surface area is 99.9 Å². The van der Waals surface area contributed by atoms with Gasteiger partial charge in [-0.3, -0.25) is 0 Å². The first-order valence-corrected chi connectivity index (χ1v) is 4.97. The highest BCUT2D eigenvalue weighted by Gasteiger charge is 2.12. The van der Waals surface area contributed by atoms with Gasteiger partial charge in [0.1, 0.15) is 11.6 Å². The fourth-order valence-corrected chi connectivity index (χ4v) is 1.54. The molecule has 0 spiro atoms. The zero-order valence-corrected chi connectivity index (χ0v) is 9.23. The van der Waals surface area contributed by atoms with Crippen LogP contribution >= 0.6 is 23.2 Å². The summed E-state index contributed by atoms with van der Waals surface area (Å²) in [6.45, 7) is 0. The van der Waals surface area contributed by atoms with E-state index < -0.39 is 11.6 Å². The maximum absolute atomic E-state index is 13.4. The highest BCUT2D eigenvalue weighted by molar-refractivity contribution is 6.33. The van der Waals surface area contributed by atoms with E-state index in [1.807, 2.05) is 0 Å². The molecule has 1 heterocycles. The van der Waals surface area contributed by atoms with Crippen LogP contribution in [0, 0.1) is 11.6 Å². The molecule has 0 saturated heterocycles. The molecule has 1 aromatic carbocycles.